The fraction of sp³-hybridized carbons (Fsp3) is 0.500. The van der Waals surface area contributed by atoms with Gasteiger partial charge in [-0.3, -0.25) is 9.69 Å². The lowest BCUT2D eigenvalue weighted by Crippen LogP contribution is -2.51. The lowest BCUT2D eigenvalue weighted by atomic mass is 10.2. The van der Waals surface area contributed by atoms with Crippen LogP contribution in [0.15, 0.2) is 24.3 Å². The van der Waals surface area contributed by atoms with Crippen LogP contribution in [-0.4, -0.2) is 84.0 Å². The number of carbonyl (C=O) groups excluding carboxylic acids is 1. The summed E-state index contributed by atoms with van der Waals surface area (Å²) in [7, 11) is 3.46. The fourth-order valence-electron chi connectivity index (χ4n) is 3.32. The summed E-state index contributed by atoms with van der Waals surface area (Å²) in [6.45, 7) is 4.77. The van der Waals surface area contributed by atoms with E-state index in [1.165, 1.54) is 4.90 Å². The molecule has 1 amide bonds. The van der Waals surface area contributed by atoms with E-state index in [0.29, 0.717) is 18.1 Å². The summed E-state index contributed by atoms with van der Waals surface area (Å²) in [6, 6.07) is 7.78. The topological polar surface area (TPSA) is 71.0 Å². The number of para-hydroxylation sites is 2. The Morgan fingerprint density at radius 3 is 2.67 bits per heavy atom. The first-order chi connectivity index (χ1) is 13.1. The fourth-order valence-corrected chi connectivity index (χ4v) is 3.88. The summed E-state index contributed by atoms with van der Waals surface area (Å²) in [4.78, 5) is 18.3. The third-order valence-electron chi connectivity index (χ3n) is 4.78. The van der Waals surface area contributed by atoms with Gasteiger partial charge in [-0.1, -0.05) is 12.1 Å². The zero-order chi connectivity index (χ0) is 18.8. The Morgan fingerprint density at radius 1 is 1.19 bits per heavy atom. The third kappa shape index (κ3) is 3.84. The Morgan fingerprint density at radius 2 is 1.93 bits per heavy atom. The number of piperazine rings is 1. The number of amides is 1. The van der Waals surface area contributed by atoms with Crippen molar-refractivity contribution in [2.75, 3.05) is 58.3 Å². The van der Waals surface area contributed by atoms with E-state index in [-0.39, 0.29) is 12.0 Å². The van der Waals surface area contributed by atoms with Crippen molar-refractivity contribution in [2.24, 2.45) is 0 Å². The summed E-state index contributed by atoms with van der Waals surface area (Å²) in [5.41, 5.74) is 0.444. The summed E-state index contributed by atoms with van der Waals surface area (Å²) < 4.78 is 20.4. The predicted octanol–water partition coefficient (Wildman–Crippen LogP) is 1.20. The van der Waals surface area contributed by atoms with Crippen molar-refractivity contribution in [1.29, 1.82) is 0 Å². The van der Waals surface area contributed by atoms with Crippen molar-refractivity contribution in [3.63, 3.8) is 0 Å². The average Bonchev–Trinajstić information content (AvgIpc) is 3.17. The Balaban J connectivity index is 1.33. The second-order valence-corrected chi connectivity index (χ2v) is 7.45. The van der Waals surface area contributed by atoms with E-state index >= 15 is 0 Å². The molecule has 0 aliphatic carbocycles. The third-order valence-corrected chi connectivity index (χ3v) is 5.30. The molecule has 0 N–H and O–H groups in total. The Kier molecular flexibility index (Phi) is 5.13. The highest BCUT2D eigenvalue weighted by Gasteiger charge is 2.28. The minimum Gasteiger partial charge on any atom is -0.486 e. The molecule has 1 saturated heterocycles. The number of aromatic nitrogens is 2. The Hall–Kier alpha value is -2.39. The lowest BCUT2D eigenvalue weighted by molar-refractivity contribution is 0.0571. The van der Waals surface area contributed by atoms with Gasteiger partial charge in [-0.05, 0) is 12.1 Å². The lowest BCUT2D eigenvalue weighted by Gasteiger charge is -2.37. The number of hydrogen-bond acceptors (Lipinski definition) is 8. The summed E-state index contributed by atoms with van der Waals surface area (Å²) in [5, 5.41) is 0. The molecule has 0 bridgehead atoms. The van der Waals surface area contributed by atoms with Crippen LogP contribution in [0.3, 0.4) is 0 Å². The molecule has 8 nitrogen and oxygen atoms in total. The van der Waals surface area contributed by atoms with Gasteiger partial charge in [-0.15, -0.1) is 0 Å². The largest absolute Gasteiger partial charge is 0.486 e. The molecule has 0 spiro atoms. The molecule has 2 aliphatic heterocycles. The standard InChI is InChI=1S/C18H23N5O3S/c1-21(2)18(24)16-17(20-27-19-16)23-9-7-22(8-10-23)11-13-12-25-14-5-3-4-6-15(14)26-13/h3-6,13H,7-12H2,1-2H3/t13-/m0/s1. The van der Waals surface area contributed by atoms with Crippen LogP contribution >= 0.6 is 11.7 Å². The van der Waals surface area contributed by atoms with E-state index < -0.39 is 0 Å². The first kappa shape index (κ1) is 18.0. The molecule has 2 aromatic rings. The van der Waals surface area contributed by atoms with Crippen molar-refractivity contribution in [3.8, 4) is 11.5 Å². The van der Waals surface area contributed by atoms with E-state index in [2.05, 4.69) is 18.5 Å². The molecule has 144 valence electrons. The molecule has 0 radical (unpaired) electrons. The second kappa shape index (κ2) is 7.69. The highest BCUT2D eigenvalue weighted by atomic mass is 32.1. The predicted molar refractivity (Wildman–Crippen MR) is 103 cm³/mol. The molecule has 0 saturated carbocycles. The molecule has 4 rings (SSSR count). The molecular formula is C18H23N5O3S. The van der Waals surface area contributed by atoms with Crippen molar-refractivity contribution >= 4 is 23.5 Å². The molecular weight excluding hydrogens is 366 g/mol. The van der Waals surface area contributed by atoms with Crippen LogP contribution in [-0.2, 0) is 0 Å². The highest BCUT2D eigenvalue weighted by molar-refractivity contribution is 6.99. The molecule has 3 heterocycles. The molecule has 2 aliphatic rings. The number of anilines is 1. The van der Waals surface area contributed by atoms with Gasteiger partial charge in [0.25, 0.3) is 5.91 Å². The second-order valence-electron chi connectivity index (χ2n) is 6.92. The number of nitrogens with zero attached hydrogens (tertiary/aromatic N) is 5. The SMILES string of the molecule is CN(C)C(=O)c1nsnc1N1CCN(C[C@H]2COc3ccccc3O2)CC1. The van der Waals surface area contributed by atoms with Crippen LogP contribution in [0.25, 0.3) is 0 Å². The average molecular weight is 389 g/mol. The van der Waals surface area contributed by atoms with E-state index in [1.54, 1.807) is 14.1 Å². The van der Waals surface area contributed by atoms with Gasteiger partial charge in [-0.2, -0.15) is 8.75 Å². The van der Waals surface area contributed by atoms with Gasteiger partial charge in [0.1, 0.15) is 12.7 Å². The Bertz CT molecular complexity index is 804. The maximum atomic E-state index is 12.3. The maximum absolute atomic E-state index is 12.3. The van der Waals surface area contributed by atoms with Gasteiger partial charge in [0.15, 0.2) is 23.0 Å². The van der Waals surface area contributed by atoms with E-state index in [4.69, 9.17) is 9.47 Å². The zero-order valence-electron chi connectivity index (χ0n) is 15.5. The number of fused-ring (bicyclic) bond motifs is 1. The summed E-state index contributed by atoms with van der Waals surface area (Å²) in [6.07, 6.45) is 0.0262. The van der Waals surface area contributed by atoms with E-state index in [0.717, 1.165) is 56.0 Å². The van der Waals surface area contributed by atoms with E-state index in [1.807, 2.05) is 24.3 Å². The number of benzene rings is 1. The molecule has 9 heteroatoms. The van der Waals surface area contributed by atoms with Crippen molar-refractivity contribution in [2.45, 2.75) is 6.10 Å². The molecule has 0 unspecified atom stereocenters. The van der Waals surface area contributed by atoms with Gasteiger partial charge in [0.2, 0.25) is 0 Å². The minimum atomic E-state index is -0.104. The monoisotopic (exact) mass is 389 g/mol. The van der Waals surface area contributed by atoms with Crippen molar-refractivity contribution in [1.82, 2.24) is 18.5 Å². The summed E-state index contributed by atoms with van der Waals surface area (Å²) >= 11 is 1.09. The van der Waals surface area contributed by atoms with Crippen LogP contribution in [0.5, 0.6) is 11.5 Å². The number of hydrogen-bond donors (Lipinski definition) is 0. The van der Waals surface area contributed by atoms with Gasteiger partial charge in [-0.25, -0.2) is 0 Å². The van der Waals surface area contributed by atoms with Crippen LogP contribution in [0.4, 0.5) is 5.82 Å². The van der Waals surface area contributed by atoms with Crippen LogP contribution in [0, 0.1) is 0 Å². The van der Waals surface area contributed by atoms with Gasteiger partial charge >= 0.3 is 0 Å². The first-order valence-corrected chi connectivity index (χ1v) is 9.75. The number of rotatable bonds is 4. The maximum Gasteiger partial charge on any atom is 0.276 e. The van der Waals surface area contributed by atoms with Crippen LogP contribution < -0.4 is 14.4 Å². The van der Waals surface area contributed by atoms with Crippen molar-refractivity contribution in [3.05, 3.63) is 30.0 Å². The molecule has 1 aromatic heterocycles. The first-order valence-electron chi connectivity index (χ1n) is 9.02. The molecule has 1 aromatic carbocycles. The molecule has 1 fully saturated rings. The smallest absolute Gasteiger partial charge is 0.276 e. The quantitative estimate of drug-likeness (QED) is 0.778. The summed E-state index contributed by atoms with van der Waals surface area (Å²) in [5.74, 6) is 2.22. The van der Waals surface area contributed by atoms with Crippen molar-refractivity contribution < 1.29 is 14.3 Å². The van der Waals surface area contributed by atoms with Crippen LogP contribution in [0.2, 0.25) is 0 Å². The van der Waals surface area contributed by atoms with Gasteiger partial charge < -0.3 is 19.3 Å². The highest BCUT2D eigenvalue weighted by Crippen LogP contribution is 2.31. The normalized spacial score (nSPS) is 19.8. The number of carbonyl (C=O) groups is 1. The van der Waals surface area contributed by atoms with Gasteiger partial charge in [0.05, 0.1) is 11.7 Å². The Labute approximate surface area is 162 Å². The molecule has 1 atom stereocenters. The number of ether oxygens (including phenoxy) is 2. The minimum absolute atomic E-state index is 0.0262. The van der Waals surface area contributed by atoms with Gasteiger partial charge in [0, 0.05) is 46.8 Å². The van der Waals surface area contributed by atoms with Crippen LogP contribution in [0.1, 0.15) is 10.5 Å². The zero-order valence-corrected chi connectivity index (χ0v) is 16.3. The van der Waals surface area contributed by atoms with E-state index in [9.17, 15) is 4.79 Å². The molecule has 27 heavy (non-hydrogen) atoms.